The van der Waals surface area contributed by atoms with Crippen molar-refractivity contribution >= 4 is 17.7 Å². The molecule has 0 aliphatic carbocycles. The maximum atomic E-state index is 13.2. The number of fused-ring (bicyclic) bond motifs is 1. The van der Waals surface area contributed by atoms with Crippen LogP contribution < -0.4 is 10.1 Å². The van der Waals surface area contributed by atoms with E-state index in [0.29, 0.717) is 36.6 Å². The van der Waals surface area contributed by atoms with Crippen molar-refractivity contribution in [2.75, 3.05) is 19.8 Å². The molecule has 3 aliphatic rings. The highest BCUT2D eigenvalue weighted by molar-refractivity contribution is 6.02. The molecule has 5 rings (SSSR count). The second-order valence-corrected chi connectivity index (χ2v) is 8.38. The summed E-state index contributed by atoms with van der Waals surface area (Å²) in [4.78, 5) is 40.7. The van der Waals surface area contributed by atoms with Crippen molar-refractivity contribution in [3.63, 3.8) is 0 Å². The molecule has 34 heavy (non-hydrogen) atoms. The van der Waals surface area contributed by atoms with Gasteiger partial charge in [-0.1, -0.05) is 36.9 Å². The molecule has 0 radical (unpaired) electrons. The lowest BCUT2D eigenvalue weighted by atomic mass is 10.0. The Kier molecular flexibility index (Phi) is 5.13. The Hall–Kier alpha value is -3.65. The zero-order chi connectivity index (χ0) is 26.4. The fourth-order valence-electron chi connectivity index (χ4n) is 4.24. The Morgan fingerprint density at radius 3 is 2.76 bits per heavy atom. The van der Waals surface area contributed by atoms with Crippen LogP contribution >= 0.6 is 0 Å². The van der Waals surface area contributed by atoms with Gasteiger partial charge in [-0.25, -0.2) is 0 Å². The number of morpholine rings is 1. The van der Waals surface area contributed by atoms with E-state index in [9.17, 15) is 14.4 Å². The molecule has 2 saturated heterocycles. The SMILES string of the molecule is [2H]C1([2H])CC([2H])(N2Cc3c(OCc4ccc(CN5CCOCC5=O)cc4)cccc3C2=O)C(=O)NC1=C. The maximum Gasteiger partial charge on any atom is 0.255 e. The van der Waals surface area contributed by atoms with Crippen LogP contribution in [0.3, 0.4) is 0 Å². The third-order valence-electron chi connectivity index (χ3n) is 6.12. The zero-order valence-electron chi connectivity index (χ0n) is 21.6. The van der Waals surface area contributed by atoms with Gasteiger partial charge < -0.3 is 24.6 Å². The predicted octanol–water partition coefficient (Wildman–Crippen LogP) is 2.37. The number of ether oxygens (including phenoxy) is 2. The largest absolute Gasteiger partial charge is 0.489 e. The first-order chi connectivity index (χ1) is 17.6. The van der Waals surface area contributed by atoms with Gasteiger partial charge in [-0.05, 0) is 36.1 Å². The number of allylic oxidation sites excluding steroid dienone is 1. The molecule has 1 atom stereocenters. The number of rotatable bonds is 6. The van der Waals surface area contributed by atoms with Gasteiger partial charge in [0.25, 0.3) is 5.91 Å². The molecule has 3 heterocycles. The fraction of sp³-hybridized carbons (Fsp3) is 0.346. The van der Waals surface area contributed by atoms with Crippen LogP contribution in [0.25, 0.3) is 0 Å². The Balaban J connectivity index is 1.28. The van der Waals surface area contributed by atoms with E-state index in [1.807, 2.05) is 24.3 Å². The first kappa shape index (κ1) is 18.7. The molecule has 8 nitrogen and oxygen atoms in total. The van der Waals surface area contributed by atoms with Crippen LogP contribution in [0, 0.1) is 0 Å². The molecule has 0 bridgehead atoms. The average molecular weight is 465 g/mol. The van der Waals surface area contributed by atoms with Crippen LogP contribution in [0.2, 0.25) is 0 Å². The van der Waals surface area contributed by atoms with Crippen molar-refractivity contribution < 1.29 is 28.0 Å². The molecule has 176 valence electrons. The molecule has 0 spiro atoms. The summed E-state index contributed by atoms with van der Waals surface area (Å²) < 4.78 is 36.2. The Labute approximate surface area is 202 Å². The van der Waals surface area contributed by atoms with Gasteiger partial charge in [0, 0.05) is 32.7 Å². The van der Waals surface area contributed by atoms with Crippen molar-refractivity contribution in [3.8, 4) is 5.75 Å². The molecule has 2 aromatic carbocycles. The predicted molar refractivity (Wildman–Crippen MR) is 124 cm³/mol. The fourth-order valence-corrected chi connectivity index (χ4v) is 4.24. The summed E-state index contributed by atoms with van der Waals surface area (Å²) in [5.74, 6) is -0.865. The number of carbonyl (C=O) groups excluding carboxylic acids is 3. The first-order valence-corrected chi connectivity index (χ1v) is 11.1. The van der Waals surface area contributed by atoms with Crippen molar-refractivity contribution in [1.82, 2.24) is 15.1 Å². The normalized spacial score (nSPS) is 25.4. The second kappa shape index (κ2) is 9.30. The molecule has 0 aromatic heterocycles. The molecule has 2 aromatic rings. The summed E-state index contributed by atoms with van der Waals surface area (Å²) in [6.45, 7) is 5.46. The molecule has 3 amide bonds. The minimum atomic E-state index is -2.12. The van der Waals surface area contributed by atoms with E-state index in [4.69, 9.17) is 13.6 Å². The first-order valence-electron chi connectivity index (χ1n) is 12.6. The number of hydrogen-bond donors (Lipinski definition) is 1. The number of nitrogens with one attached hydrogen (secondary N) is 1. The lowest BCUT2D eigenvalue weighted by Gasteiger charge is -2.31. The molecule has 1 N–H and O–H groups in total. The minimum absolute atomic E-state index is 0.0265. The van der Waals surface area contributed by atoms with Gasteiger partial charge in [0.1, 0.15) is 25.0 Å². The van der Waals surface area contributed by atoms with Gasteiger partial charge >= 0.3 is 0 Å². The Bertz CT molecular complexity index is 1280. The van der Waals surface area contributed by atoms with Crippen LogP contribution in [0.15, 0.2) is 54.7 Å². The Morgan fingerprint density at radius 2 is 1.97 bits per heavy atom. The number of hydrogen-bond acceptors (Lipinski definition) is 5. The van der Waals surface area contributed by atoms with E-state index >= 15 is 0 Å². The van der Waals surface area contributed by atoms with Crippen LogP contribution in [0.1, 0.15) is 44.0 Å². The van der Waals surface area contributed by atoms with Crippen molar-refractivity contribution in [1.29, 1.82) is 0 Å². The second-order valence-electron chi connectivity index (χ2n) is 8.38. The van der Waals surface area contributed by atoms with Crippen LogP contribution in [-0.4, -0.2) is 53.3 Å². The molecule has 8 heteroatoms. The van der Waals surface area contributed by atoms with Gasteiger partial charge in [0.15, 0.2) is 0 Å². The lowest BCUT2D eigenvalue weighted by molar-refractivity contribution is -0.143. The highest BCUT2D eigenvalue weighted by Gasteiger charge is 2.39. The zero-order valence-corrected chi connectivity index (χ0v) is 18.6. The van der Waals surface area contributed by atoms with E-state index < -0.39 is 30.6 Å². The average Bonchev–Trinajstić information content (AvgIpc) is 3.21. The van der Waals surface area contributed by atoms with Crippen LogP contribution in [-0.2, 0) is 34.0 Å². The van der Waals surface area contributed by atoms with Crippen molar-refractivity contribution in [2.24, 2.45) is 0 Å². The highest BCUT2D eigenvalue weighted by atomic mass is 16.5. The molecule has 2 fully saturated rings. The molecule has 0 saturated carbocycles. The summed E-state index contributed by atoms with van der Waals surface area (Å²) in [6.07, 6.45) is -2.53. The smallest absolute Gasteiger partial charge is 0.255 e. The standard InChI is InChI=1S/C26H27N3O5/c1-17-5-10-22(25(31)27-17)29-14-21-20(26(29)32)3-2-4-23(21)34-15-19-8-6-18(7-9-19)13-28-11-12-33-16-24(28)30/h2-4,6-9,22H,1,5,10-16H2,(H,27,31)/i5D2,22D. The van der Waals surface area contributed by atoms with Crippen LogP contribution in [0.5, 0.6) is 5.75 Å². The molecule has 1 unspecified atom stereocenters. The minimum Gasteiger partial charge on any atom is -0.489 e. The summed E-state index contributed by atoms with van der Waals surface area (Å²) in [7, 11) is 0. The summed E-state index contributed by atoms with van der Waals surface area (Å²) in [5, 5.41) is 2.33. The lowest BCUT2D eigenvalue weighted by Crippen LogP contribution is -2.49. The van der Waals surface area contributed by atoms with E-state index in [0.717, 1.165) is 16.0 Å². The van der Waals surface area contributed by atoms with Gasteiger partial charge in [-0.2, -0.15) is 0 Å². The number of benzene rings is 2. The maximum absolute atomic E-state index is 13.2. The highest BCUT2D eigenvalue weighted by Crippen LogP contribution is 2.34. The summed E-state index contributed by atoms with van der Waals surface area (Å²) in [5.41, 5.74) is 2.66. The third-order valence-corrected chi connectivity index (χ3v) is 6.12. The quantitative estimate of drug-likeness (QED) is 0.709. The van der Waals surface area contributed by atoms with Gasteiger partial charge in [0.2, 0.25) is 11.8 Å². The summed E-state index contributed by atoms with van der Waals surface area (Å²) >= 11 is 0. The van der Waals surface area contributed by atoms with Crippen LogP contribution in [0.4, 0.5) is 0 Å². The van der Waals surface area contributed by atoms with E-state index in [1.54, 1.807) is 23.1 Å². The van der Waals surface area contributed by atoms with Crippen molar-refractivity contribution in [2.45, 2.75) is 38.5 Å². The number of carbonyl (C=O) groups is 3. The molecule has 3 aliphatic heterocycles. The van der Waals surface area contributed by atoms with Gasteiger partial charge in [0.05, 0.1) is 14.5 Å². The Morgan fingerprint density at radius 1 is 1.18 bits per heavy atom. The van der Waals surface area contributed by atoms with E-state index in [1.165, 1.54) is 0 Å². The molecular formula is C26H27N3O5. The number of nitrogens with zero attached hydrogens (tertiary/aromatic N) is 2. The third kappa shape index (κ3) is 4.41. The van der Waals surface area contributed by atoms with Gasteiger partial charge in [-0.3, -0.25) is 14.4 Å². The molecular weight excluding hydrogens is 434 g/mol. The number of piperidine rings is 1. The van der Waals surface area contributed by atoms with Gasteiger partial charge in [-0.15, -0.1) is 0 Å². The monoisotopic (exact) mass is 464 g/mol. The van der Waals surface area contributed by atoms with Crippen molar-refractivity contribution in [3.05, 3.63) is 77.0 Å². The van der Waals surface area contributed by atoms with E-state index in [2.05, 4.69) is 11.9 Å². The summed E-state index contributed by atoms with van der Waals surface area (Å²) in [6, 6.07) is 10.6. The topological polar surface area (TPSA) is 88.2 Å². The van der Waals surface area contributed by atoms with E-state index in [-0.39, 0.29) is 31.4 Å². The number of amides is 3.